The highest BCUT2D eigenvalue weighted by atomic mass is 35.5. The van der Waals surface area contributed by atoms with Gasteiger partial charge in [0.05, 0.1) is 5.39 Å². The van der Waals surface area contributed by atoms with E-state index in [1.54, 1.807) is 12.4 Å². The van der Waals surface area contributed by atoms with Gasteiger partial charge in [0.2, 0.25) is 0 Å². The quantitative estimate of drug-likeness (QED) is 0.504. The van der Waals surface area contributed by atoms with Gasteiger partial charge >= 0.3 is 0 Å². The normalized spacial score (nSPS) is 10.8. The highest BCUT2D eigenvalue weighted by molar-refractivity contribution is 6.35. The Morgan fingerprint density at radius 1 is 0.846 bits per heavy atom. The number of aromatic nitrogens is 3. The van der Waals surface area contributed by atoms with Crippen molar-refractivity contribution in [2.45, 2.75) is 13.5 Å². The van der Waals surface area contributed by atoms with Crippen molar-refractivity contribution in [1.29, 1.82) is 0 Å². The first-order valence-corrected chi connectivity index (χ1v) is 8.73. The highest BCUT2D eigenvalue weighted by Crippen LogP contribution is 2.27. The van der Waals surface area contributed by atoms with Gasteiger partial charge in [0, 0.05) is 30.8 Å². The lowest BCUT2D eigenvalue weighted by Crippen LogP contribution is -2.02. The zero-order chi connectivity index (χ0) is 17.9. The Balaban J connectivity index is 1.54. The molecule has 1 aromatic carbocycles. The molecule has 0 aliphatic carbocycles. The van der Waals surface area contributed by atoms with Crippen LogP contribution in [0, 0.1) is 6.92 Å². The lowest BCUT2D eigenvalue weighted by atomic mass is 10.0. The Labute approximate surface area is 156 Å². The zero-order valence-electron chi connectivity index (χ0n) is 14.3. The van der Waals surface area contributed by atoms with E-state index in [2.05, 4.69) is 50.6 Å². The van der Waals surface area contributed by atoms with Crippen LogP contribution in [0.5, 0.6) is 0 Å². The number of anilines is 1. The van der Waals surface area contributed by atoms with E-state index >= 15 is 0 Å². The van der Waals surface area contributed by atoms with Crippen molar-refractivity contribution in [3.63, 3.8) is 0 Å². The summed E-state index contributed by atoms with van der Waals surface area (Å²) < 4.78 is 0. The SMILES string of the molecule is Cc1cc(-c2ccc(CNc3nccc4ccnc(Cl)c34)cc2)ccn1. The molecule has 0 bridgehead atoms. The lowest BCUT2D eigenvalue weighted by molar-refractivity contribution is 1.12. The first kappa shape index (κ1) is 16.5. The molecule has 0 saturated heterocycles. The number of hydrogen-bond acceptors (Lipinski definition) is 4. The van der Waals surface area contributed by atoms with Gasteiger partial charge < -0.3 is 5.32 Å². The Hall–Kier alpha value is -2.98. The number of fused-ring (bicyclic) bond motifs is 1. The third-order valence-electron chi connectivity index (χ3n) is 4.28. The van der Waals surface area contributed by atoms with Gasteiger partial charge in [0.15, 0.2) is 0 Å². The summed E-state index contributed by atoms with van der Waals surface area (Å²) in [6.07, 6.45) is 5.31. The molecule has 26 heavy (non-hydrogen) atoms. The Kier molecular flexibility index (Phi) is 4.50. The summed E-state index contributed by atoms with van der Waals surface area (Å²) in [4.78, 5) is 12.8. The van der Waals surface area contributed by atoms with Gasteiger partial charge in [-0.2, -0.15) is 0 Å². The first-order chi connectivity index (χ1) is 12.7. The molecule has 5 heteroatoms. The standard InChI is InChI=1S/C21H17ClN4/c1-14-12-18(8-9-23-14)16-4-2-15(3-5-16)13-26-21-19-17(7-11-25-21)6-10-24-20(19)22/h2-12H,13H2,1H3,(H,25,26). The van der Waals surface area contributed by atoms with Gasteiger partial charge in [-0.05, 0) is 53.3 Å². The van der Waals surface area contributed by atoms with E-state index in [4.69, 9.17) is 11.6 Å². The fraction of sp³-hybridized carbons (Fsp3) is 0.0952. The van der Waals surface area contributed by atoms with Crippen molar-refractivity contribution in [2.75, 3.05) is 5.32 Å². The molecule has 0 saturated carbocycles. The number of nitrogens with one attached hydrogen (secondary N) is 1. The molecule has 0 amide bonds. The Morgan fingerprint density at radius 2 is 1.58 bits per heavy atom. The lowest BCUT2D eigenvalue weighted by Gasteiger charge is -2.10. The maximum Gasteiger partial charge on any atom is 0.140 e. The second kappa shape index (κ2) is 7.10. The van der Waals surface area contributed by atoms with Gasteiger partial charge in [-0.15, -0.1) is 0 Å². The van der Waals surface area contributed by atoms with Gasteiger partial charge in [-0.3, -0.25) is 4.98 Å². The fourth-order valence-corrected chi connectivity index (χ4v) is 3.19. The molecule has 128 valence electrons. The van der Waals surface area contributed by atoms with Crippen molar-refractivity contribution in [3.8, 4) is 11.1 Å². The predicted molar refractivity (Wildman–Crippen MR) is 106 cm³/mol. The molecule has 0 aliphatic heterocycles. The Morgan fingerprint density at radius 3 is 2.35 bits per heavy atom. The molecule has 0 aliphatic rings. The summed E-state index contributed by atoms with van der Waals surface area (Å²) in [7, 11) is 0. The van der Waals surface area contributed by atoms with Crippen LogP contribution in [0.1, 0.15) is 11.3 Å². The molecule has 4 nitrogen and oxygen atoms in total. The molecule has 0 spiro atoms. The van der Waals surface area contributed by atoms with Crippen molar-refractivity contribution >= 4 is 28.2 Å². The number of halogens is 1. The summed E-state index contributed by atoms with van der Waals surface area (Å²) in [5, 5.41) is 5.69. The molecule has 4 aromatic rings. The summed E-state index contributed by atoms with van der Waals surface area (Å²) in [6.45, 7) is 2.66. The van der Waals surface area contributed by atoms with Gasteiger partial charge in [-0.1, -0.05) is 35.9 Å². The van der Waals surface area contributed by atoms with Crippen LogP contribution >= 0.6 is 11.6 Å². The van der Waals surface area contributed by atoms with Gasteiger partial charge in [-0.25, -0.2) is 9.97 Å². The third-order valence-corrected chi connectivity index (χ3v) is 4.56. The second-order valence-corrected chi connectivity index (χ2v) is 6.45. The van der Waals surface area contributed by atoms with Crippen LogP contribution in [0.15, 0.2) is 67.1 Å². The van der Waals surface area contributed by atoms with E-state index < -0.39 is 0 Å². The Bertz CT molecular complexity index is 1060. The minimum atomic E-state index is 0.460. The number of hydrogen-bond donors (Lipinski definition) is 1. The first-order valence-electron chi connectivity index (χ1n) is 8.36. The van der Waals surface area contributed by atoms with E-state index in [-0.39, 0.29) is 0 Å². The van der Waals surface area contributed by atoms with Crippen LogP contribution in [0.3, 0.4) is 0 Å². The van der Waals surface area contributed by atoms with Crippen LogP contribution in [-0.4, -0.2) is 15.0 Å². The van der Waals surface area contributed by atoms with Crippen molar-refractivity contribution in [2.24, 2.45) is 0 Å². The fourth-order valence-electron chi connectivity index (χ4n) is 2.94. The van der Waals surface area contributed by atoms with Crippen molar-refractivity contribution in [1.82, 2.24) is 15.0 Å². The number of benzene rings is 1. The average molecular weight is 361 g/mol. The zero-order valence-corrected chi connectivity index (χ0v) is 15.0. The molecule has 3 heterocycles. The maximum atomic E-state index is 6.25. The minimum absolute atomic E-state index is 0.460. The average Bonchev–Trinajstić information content (AvgIpc) is 2.67. The van der Waals surface area contributed by atoms with Crippen molar-refractivity contribution < 1.29 is 0 Å². The van der Waals surface area contributed by atoms with E-state index in [1.807, 2.05) is 31.3 Å². The van der Waals surface area contributed by atoms with E-state index in [1.165, 1.54) is 16.7 Å². The number of aryl methyl sites for hydroxylation is 1. The van der Waals surface area contributed by atoms with Gasteiger partial charge in [0.25, 0.3) is 0 Å². The summed E-state index contributed by atoms with van der Waals surface area (Å²) in [5.41, 5.74) is 4.53. The van der Waals surface area contributed by atoms with Gasteiger partial charge in [0.1, 0.15) is 11.0 Å². The molecule has 0 fully saturated rings. The molecule has 1 N–H and O–H groups in total. The molecule has 0 atom stereocenters. The second-order valence-electron chi connectivity index (χ2n) is 6.10. The summed E-state index contributed by atoms with van der Waals surface area (Å²) in [5.74, 6) is 0.745. The van der Waals surface area contributed by atoms with Crippen LogP contribution in [0.2, 0.25) is 5.15 Å². The number of nitrogens with zero attached hydrogens (tertiary/aromatic N) is 3. The molecule has 3 aromatic heterocycles. The third kappa shape index (κ3) is 3.37. The van der Waals surface area contributed by atoms with Crippen LogP contribution in [0.25, 0.3) is 21.9 Å². The molecular weight excluding hydrogens is 344 g/mol. The van der Waals surface area contributed by atoms with E-state index in [0.717, 1.165) is 22.3 Å². The van der Waals surface area contributed by atoms with E-state index in [0.29, 0.717) is 11.7 Å². The predicted octanol–water partition coefficient (Wildman–Crippen LogP) is 5.27. The van der Waals surface area contributed by atoms with Crippen LogP contribution < -0.4 is 5.32 Å². The largest absolute Gasteiger partial charge is 0.365 e. The van der Waals surface area contributed by atoms with Crippen molar-refractivity contribution in [3.05, 3.63) is 83.5 Å². The molecule has 0 radical (unpaired) electrons. The summed E-state index contributed by atoms with van der Waals surface area (Å²) in [6, 6.07) is 16.4. The number of pyridine rings is 3. The number of rotatable bonds is 4. The van der Waals surface area contributed by atoms with Crippen LogP contribution in [0.4, 0.5) is 5.82 Å². The molecule has 0 unspecified atom stereocenters. The highest BCUT2D eigenvalue weighted by Gasteiger charge is 2.07. The smallest absolute Gasteiger partial charge is 0.140 e. The topological polar surface area (TPSA) is 50.7 Å². The van der Waals surface area contributed by atoms with Crippen LogP contribution in [-0.2, 0) is 6.54 Å². The van der Waals surface area contributed by atoms with E-state index in [9.17, 15) is 0 Å². The monoisotopic (exact) mass is 360 g/mol. The maximum absolute atomic E-state index is 6.25. The minimum Gasteiger partial charge on any atom is -0.365 e. The summed E-state index contributed by atoms with van der Waals surface area (Å²) >= 11 is 6.25. The molecule has 4 rings (SSSR count). The molecular formula is C21H17ClN4.